The van der Waals surface area contributed by atoms with Crippen LogP contribution in [-0.2, 0) is 17.4 Å². The van der Waals surface area contributed by atoms with E-state index in [9.17, 15) is 18.0 Å². The van der Waals surface area contributed by atoms with E-state index in [1.54, 1.807) is 29.2 Å². The van der Waals surface area contributed by atoms with Crippen molar-refractivity contribution in [3.05, 3.63) is 88.5 Å². The summed E-state index contributed by atoms with van der Waals surface area (Å²) < 4.78 is 45.0. The summed E-state index contributed by atoms with van der Waals surface area (Å²) in [6, 6.07) is 17.9. The van der Waals surface area contributed by atoms with Gasteiger partial charge in [0.25, 0.3) is 5.91 Å². The first-order valence-corrected chi connectivity index (χ1v) is 10.6. The second-order valence-corrected chi connectivity index (χ2v) is 8.53. The number of hydrogen-bond acceptors (Lipinski definition) is 4. The minimum atomic E-state index is -4.43. The Hall–Kier alpha value is -2.84. The number of carbonyl (C=O) groups excluding carboxylic acids is 1. The van der Waals surface area contributed by atoms with E-state index in [2.05, 4.69) is 0 Å². The SMILES string of the molecule is O=C1/C(=C\c2ccc(-c3cccc(C(F)(F)F)c3)o2)SC(=S)N1CCc1ccccc1. The Morgan fingerprint density at radius 1 is 1.03 bits per heavy atom. The number of carbonyl (C=O) groups is 1. The lowest BCUT2D eigenvalue weighted by Gasteiger charge is -2.14. The van der Waals surface area contributed by atoms with Gasteiger partial charge in [-0.2, -0.15) is 13.2 Å². The topological polar surface area (TPSA) is 33.5 Å². The number of nitrogens with zero attached hydrogens (tertiary/aromatic N) is 1. The van der Waals surface area contributed by atoms with Crippen molar-refractivity contribution in [2.24, 2.45) is 0 Å². The van der Waals surface area contributed by atoms with Gasteiger partial charge in [0, 0.05) is 18.2 Å². The molecule has 0 saturated carbocycles. The summed E-state index contributed by atoms with van der Waals surface area (Å²) in [7, 11) is 0. The van der Waals surface area contributed by atoms with Crippen molar-refractivity contribution < 1.29 is 22.4 Å². The molecule has 0 spiro atoms. The van der Waals surface area contributed by atoms with Crippen LogP contribution in [0.3, 0.4) is 0 Å². The van der Waals surface area contributed by atoms with E-state index < -0.39 is 11.7 Å². The summed E-state index contributed by atoms with van der Waals surface area (Å²) in [6.45, 7) is 0.472. The molecule has 2 aromatic carbocycles. The molecule has 0 unspecified atom stereocenters. The molecule has 0 aliphatic carbocycles. The van der Waals surface area contributed by atoms with Gasteiger partial charge >= 0.3 is 6.18 Å². The summed E-state index contributed by atoms with van der Waals surface area (Å²) in [5.74, 6) is 0.454. The molecular weight excluding hydrogens is 443 g/mol. The molecule has 1 saturated heterocycles. The number of amides is 1. The molecule has 2 heterocycles. The van der Waals surface area contributed by atoms with Crippen LogP contribution in [0, 0.1) is 0 Å². The van der Waals surface area contributed by atoms with Crippen molar-refractivity contribution in [1.29, 1.82) is 0 Å². The monoisotopic (exact) mass is 459 g/mol. The summed E-state index contributed by atoms with van der Waals surface area (Å²) in [5, 5.41) is 0. The van der Waals surface area contributed by atoms with Gasteiger partial charge in [-0.25, -0.2) is 0 Å². The quantitative estimate of drug-likeness (QED) is 0.326. The van der Waals surface area contributed by atoms with E-state index in [1.807, 2.05) is 30.3 Å². The normalized spacial score (nSPS) is 15.8. The number of benzene rings is 2. The molecule has 4 rings (SSSR count). The van der Waals surface area contributed by atoms with Gasteiger partial charge in [0.05, 0.1) is 10.5 Å². The van der Waals surface area contributed by atoms with Crippen LogP contribution in [0.25, 0.3) is 17.4 Å². The zero-order valence-corrected chi connectivity index (χ0v) is 17.7. The van der Waals surface area contributed by atoms with Crippen molar-refractivity contribution in [2.45, 2.75) is 12.6 Å². The zero-order chi connectivity index (χ0) is 22.0. The van der Waals surface area contributed by atoms with Gasteiger partial charge in [0.2, 0.25) is 0 Å². The molecule has 1 fully saturated rings. The largest absolute Gasteiger partial charge is 0.457 e. The fourth-order valence-corrected chi connectivity index (χ4v) is 4.43. The lowest BCUT2D eigenvalue weighted by Crippen LogP contribution is -2.30. The molecule has 158 valence electrons. The van der Waals surface area contributed by atoms with Crippen LogP contribution in [0.1, 0.15) is 16.9 Å². The van der Waals surface area contributed by atoms with Crippen molar-refractivity contribution in [3.63, 3.8) is 0 Å². The molecular formula is C23H16F3NO2S2. The van der Waals surface area contributed by atoms with E-state index in [-0.39, 0.29) is 11.7 Å². The van der Waals surface area contributed by atoms with Crippen molar-refractivity contribution in [3.8, 4) is 11.3 Å². The van der Waals surface area contributed by atoms with Crippen LogP contribution in [0.2, 0.25) is 0 Å². The lowest BCUT2D eigenvalue weighted by molar-refractivity contribution is -0.137. The maximum Gasteiger partial charge on any atom is 0.416 e. The molecule has 31 heavy (non-hydrogen) atoms. The van der Waals surface area contributed by atoms with E-state index in [4.69, 9.17) is 16.6 Å². The number of rotatable bonds is 5. The summed E-state index contributed by atoms with van der Waals surface area (Å²) >= 11 is 6.53. The van der Waals surface area contributed by atoms with Crippen LogP contribution >= 0.6 is 24.0 Å². The maximum absolute atomic E-state index is 12.9. The summed E-state index contributed by atoms with van der Waals surface area (Å²) in [6.07, 6.45) is -2.18. The molecule has 0 atom stereocenters. The molecule has 0 radical (unpaired) electrons. The minimum Gasteiger partial charge on any atom is -0.457 e. The standard InChI is InChI=1S/C23H16F3NO2S2/c24-23(25,26)17-8-4-7-16(13-17)19-10-9-18(29-19)14-20-21(28)27(22(30)31-20)12-11-15-5-2-1-3-6-15/h1-10,13-14H,11-12H2/b20-14+. The zero-order valence-electron chi connectivity index (χ0n) is 16.1. The second-order valence-electron chi connectivity index (χ2n) is 6.85. The summed E-state index contributed by atoms with van der Waals surface area (Å²) in [5.41, 5.74) is 0.671. The van der Waals surface area contributed by atoms with Gasteiger partial charge in [-0.15, -0.1) is 0 Å². The Morgan fingerprint density at radius 2 is 1.81 bits per heavy atom. The van der Waals surface area contributed by atoms with Gasteiger partial charge in [-0.1, -0.05) is 66.4 Å². The van der Waals surface area contributed by atoms with Crippen LogP contribution in [0.5, 0.6) is 0 Å². The van der Waals surface area contributed by atoms with Crippen molar-refractivity contribution in [1.82, 2.24) is 4.90 Å². The van der Waals surface area contributed by atoms with Crippen molar-refractivity contribution >= 4 is 40.3 Å². The third-order valence-electron chi connectivity index (χ3n) is 4.72. The minimum absolute atomic E-state index is 0.206. The third kappa shape index (κ3) is 4.91. The average Bonchev–Trinajstić information content (AvgIpc) is 3.32. The van der Waals surface area contributed by atoms with Crippen LogP contribution in [-0.4, -0.2) is 21.7 Å². The molecule has 1 aromatic heterocycles. The molecule has 8 heteroatoms. The summed E-state index contributed by atoms with van der Waals surface area (Å²) in [4.78, 5) is 14.7. The van der Waals surface area contributed by atoms with Gasteiger partial charge in [-0.3, -0.25) is 9.69 Å². The highest BCUT2D eigenvalue weighted by Gasteiger charge is 2.32. The Morgan fingerprint density at radius 3 is 2.55 bits per heavy atom. The molecule has 3 nitrogen and oxygen atoms in total. The Balaban J connectivity index is 1.49. The Labute approximate surface area is 186 Å². The Kier molecular flexibility index (Phi) is 6.02. The van der Waals surface area contributed by atoms with E-state index in [1.165, 1.54) is 17.8 Å². The lowest BCUT2D eigenvalue weighted by atomic mass is 10.1. The number of furan rings is 1. The first-order chi connectivity index (χ1) is 14.8. The van der Waals surface area contributed by atoms with E-state index in [0.29, 0.717) is 33.5 Å². The van der Waals surface area contributed by atoms with Crippen LogP contribution in [0.15, 0.2) is 76.1 Å². The smallest absolute Gasteiger partial charge is 0.416 e. The number of hydrogen-bond donors (Lipinski definition) is 0. The highest BCUT2D eigenvalue weighted by Crippen LogP contribution is 2.35. The van der Waals surface area contributed by atoms with Gasteiger partial charge in [-0.05, 0) is 36.2 Å². The molecule has 1 aliphatic heterocycles. The van der Waals surface area contributed by atoms with Crippen LogP contribution < -0.4 is 0 Å². The molecule has 0 N–H and O–H groups in total. The van der Waals surface area contributed by atoms with Crippen molar-refractivity contribution in [2.75, 3.05) is 6.54 Å². The van der Waals surface area contributed by atoms with Gasteiger partial charge in [0.15, 0.2) is 0 Å². The molecule has 0 bridgehead atoms. The molecule has 1 amide bonds. The predicted octanol–water partition coefficient (Wildman–Crippen LogP) is 6.41. The number of halogens is 3. The number of alkyl halides is 3. The first-order valence-electron chi connectivity index (χ1n) is 9.38. The number of thiocarbonyl (C=S) groups is 1. The highest BCUT2D eigenvalue weighted by atomic mass is 32.2. The van der Waals surface area contributed by atoms with E-state index >= 15 is 0 Å². The number of thioether (sulfide) groups is 1. The third-order valence-corrected chi connectivity index (χ3v) is 6.09. The predicted molar refractivity (Wildman–Crippen MR) is 119 cm³/mol. The highest BCUT2D eigenvalue weighted by molar-refractivity contribution is 8.26. The molecule has 1 aliphatic rings. The second kappa shape index (κ2) is 8.72. The van der Waals surface area contributed by atoms with Crippen LogP contribution in [0.4, 0.5) is 13.2 Å². The van der Waals surface area contributed by atoms with Gasteiger partial charge in [0.1, 0.15) is 15.8 Å². The van der Waals surface area contributed by atoms with Gasteiger partial charge < -0.3 is 4.42 Å². The fraction of sp³-hybridized carbons (Fsp3) is 0.130. The first kappa shape index (κ1) is 21.4. The maximum atomic E-state index is 12.9. The van der Waals surface area contributed by atoms with E-state index in [0.717, 1.165) is 17.7 Å². The fourth-order valence-electron chi connectivity index (χ4n) is 3.14. The average molecular weight is 460 g/mol. The Bertz CT molecular complexity index is 1150. The molecule has 3 aromatic rings.